The SMILES string of the molecule is Cc1csc(-n2cc(C(C)C(=O)Nc3cc(C4CC4)n[nH]3)cn2)n1. The number of nitrogens with one attached hydrogen (secondary N) is 2. The van der Waals surface area contributed by atoms with Crippen molar-refractivity contribution in [3.8, 4) is 5.13 Å². The van der Waals surface area contributed by atoms with E-state index in [1.807, 2.05) is 31.5 Å². The van der Waals surface area contributed by atoms with Crippen LogP contribution in [0.15, 0.2) is 23.8 Å². The molecule has 7 nitrogen and oxygen atoms in total. The van der Waals surface area contributed by atoms with Crippen molar-refractivity contribution < 1.29 is 4.79 Å². The summed E-state index contributed by atoms with van der Waals surface area (Å²) in [6.45, 7) is 3.81. The van der Waals surface area contributed by atoms with E-state index in [2.05, 4.69) is 25.6 Å². The molecule has 0 spiro atoms. The lowest BCUT2D eigenvalue weighted by atomic mass is 10.0. The van der Waals surface area contributed by atoms with Gasteiger partial charge in [-0.05, 0) is 26.7 Å². The number of hydrogen-bond donors (Lipinski definition) is 2. The van der Waals surface area contributed by atoms with Gasteiger partial charge in [-0.1, -0.05) is 0 Å². The zero-order valence-corrected chi connectivity index (χ0v) is 14.3. The maximum Gasteiger partial charge on any atom is 0.232 e. The van der Waals surface area contributed by atoms with Crippen LogP contribution in [0, 0.1) is 6.92 Å². The van der Waals surface area contributed by atoms with Crippen LogP contribution < -0.4 is 5.32 Å². The highest BCUT2D eigenvalue weighted by atomic mass is 32.1. The van der Waals surface area contributed by atoms with Crippen LogP contribution >= 0.6 is 11.3 Å². The zero-order valence-electron chi connectivity index (χ0n) is 13.5. The molecule has 3 aromatic rings. The molecule has 0 saturated heterocycles. The predicted molar refractivity (Wildman–Crippen MR) is 91.6 cm³/mol. The Balaban J connectivity index is 1.45. The lowest BCUT2D eigenvalue weighted by Gasteiger charge is -2.08. The van der Waals surface area contributed by atoms with Gasteiger partial charge >= 0.3 is 0 Å². The number of carbonyl (C=O) groups is 1. The van der Waals surface area contributed by atoms with E-state index in [0.717, 1.165) is 22.1 Å². The van der Waals surface area contributed by atoms with Crippen molar-refractivity contribution in [2.24, 2.45) is 0 Å². The molecule has 4 rings (SSSR count). The van der Waals surface area contributed by atoms with E-state index in [1.165, 1.54) is 24.2 Å². The fraction of sp³-hybridized carbons (Fsp3) is 0.375. The van der Waals surface area contributed by atoms with E-state index >= 15 is 0 Å². The fourth-order valence-corrected chi connectivity index (χ4v) is 3.23. The Hall–Kier alpha value is -2.48. The minimum absolute atomic E-state index is 0.0872. The Morgan fingerprint density at radius 2 is 2.33 bits per heavy atom. The molecule has 1 atom stereocenters. The first kappa shape index (κ1) is 15.1. The molecule has 24 heavy (non-hydrogen) atoms. The van der Waals surface area contributed by atoms with Gasteiger partial charge in [-0.2, -0.15) is 10.2 Å². The number of rotatable bonds is 5. The summed E-state index contributed by atoms with van der Waals surface area (Å²) >= 11 is 1.53. The Morgan fingerprint density at radius 1 is 1.50 bits per heavy atom. The molecule has 0 aliphatic heterocycles. The van der Waals surface area contributed by atoms with Crippen molar-refractivity contribution >= 4 is 23.1 Å². The molecule has 0 aromatic carbocycles. The lowest BCUT2D eigenvalue weighted by molar-refractivity contribution is -0.117. The third-order valence-corrected chi connectivity index (χ3v) is 5.10. The Kier molecular flexibility index (Phi) is 3.68. The molecule has 0 bridgehead atoms. The van der Waals surface area contributed by atoms with Gasteiger partial charge in [0.15, 0.2) is 0 Å². The Bertz CT molecular complexity index is 875. The standard InChI is InChI=1S/C16H18N6OS/c1-9-8-24-16(18-9)22-7-12(6-17-22)10(2)15(23)19-14-5-13(20-21-14)11-3-4-11/h5-8,10-11H,3-4H2,1-2H3,(H2,19,20,21,23). The van der Waals surface area contributed by atoms with Crippen LogP contribution in [0.1, 0.15) is 48.6 Å². The first-order valence-electron chi connectivity index (χ1n) is 7.93. The van der Waals surface area contributed by atoms with E-state index in [9.17, 15) is 4.79 Å². The second-order valence-electron chi connectivity index (χ2n) is 6.18. The molecule has 1 amide bonds. The second kappa shape index (κ2) is 5.86. The highest BCUT2D eigenvalue weighted by Gasteiger charge is 2.26. The summed E-state index contributed by atoms with van der Waals surface area (Å²) in [6.07, 6.45) is 5.93. The van der Waals surface area contributed by atoms with Crippen molar-refractivity contribution in [1.82, 2.24) is 25.0 Å². The van der Waals surface area contributed by atoms with Crippen LogP contribution in [0.4, 0.5) is 5.82 Å². The largest absolute Gasteiger partial charge is 0.311 e. The third-order valence-electron chi connectivity index (χ3n) is 4.15. The van der Waals surface area contributed by atoms with E-state index < -0.39 is 0 Å². The van der Waals surface area contributed by atoms with E-state index in [1.54, 1.807) is 10.9 Å². The number of hydrogen-bond acceptors (Lipinski definition) is 5. The lowest BCUT2D eigenvalue weighted by Crippen LogP contribution is -2.18. The smallest absolute Gasteiger partial charge is 0.232 e. The number of aromatic nitrogens is 5. The molecule has 3 aromatic heterocycles. The topological polar surface area (TPSA) is 88.5 Å². The summed E-state index contributed by atoms with van der Waals surface area (Å²) in [7, 11) is 0. The number of aryl methyl sites for hydroxylation is 1. The molecule has 1 fully saturated rings. The van der Waals surface area contributed by atoms with Gasteiger partial charge in [-0.3, -0.25) is 9.89 Å². The van der Waals surface area contributed by atoms with Crippen LogP contribution in [0.3, 0.4) is 0 Å². The van der Waals surface area contributed by atoms with Crippen LogP contribution in [-0.4, -0.2) is 30.9 Å². The fourth-order valence-electron chi connectivity index (χ4n) is 2.49. The first-order chi connectivity index (χ1) is 11.6. The van der Waals surface area contributed by atoms with Crippen molar-refractivity contribution in [2.45, 2.75) is 38.5 Å². The zero-order chi connectivity index (χ0) is 16.7. The predicted octanol–water partition coefficient (Wildman–Crippen LogP) is 2.98. The number of nitrogens with zero attached hydrogens (tertiary/aromatic N) is 4. The van der Waals surface area contributed by atoms with Gasteiger partial charge in [-0.15, -0.1) is 11.3 Å². The number of aromatic amines is 1. The van der Waals surface area contributed by atoms with Crippen molar-refractivity contribution in [3.05, 3.63) is 40.8 Å². The van der Waals surface area contributed by atoms with Gasteiger partial charge < -0.3 is 5.32 Å². The molecule has 0 radical (unpaired) electrons. The summed E-state index contributed by atoms with van der Waals surface area (Å²) in [5.41, 5.74) is 2.84. The maximum atomic E-state index is 12.4. The quantitative estimate of drug-likeness (QED) is 0.746. The molecule has 1 saturated carbocycles. The minimum Gasteiger partial charge on any atom is -0.311 e. The monoisotopic (exact) mass is 342 g/mol. The Labute approximate surface area is 143 Å². The number of amides is 1. The van der Waals surface area contributed by atoms with Crippen LogP contribution in [0.25, 0.3) is 5.13 Å². The summed E-state index contributed by atoms with van der Waals surface area (Å²) in [5.74, 6) is 0.810. The molecule has 1 aliphatic carbocycles. The highest BCUT2D eigenvalue weighted by Crippen LogP contribution is 2.39. The average molecular weight is 342 g/mol. The van der Waals surface area contributed by atoms with E-state index in [-0.39, 0.29) is 11.8 Å². The summed E-state index contributed by atoms with van der Waals surface area (Å²) < 4.78 is 1.71. The molecule has 124 valence electrons. The molecule has 1 unspecified atom stereocenters. The number of carbonyl (C=O) groups excluding carboxylic acids is 1. The molecule has 2 N–H and O–H groups in total. The summed E-state index contributed by atoms with van der Waals surface area (Å²) in [6, 6.07) is 1.92. The Morgan fingerprint density at radius 3 is 3.04 bits per heavy atom. The van der Waals surface area contributed by atoms with Gasteiger partial charge in [-0.25, -0.2) is 9.67 Å². The number of anilines is 1. The minimum atomic E-state index is -0.313. The first-order valence-corrected chi connectivity index (χ1v) is 8.81. The van der Waals surface area contributed by atoms with Crippen LogP contribution in [-0.2, 0) is 4.79 Å². The molecule has 1 aliphatic rings. The summed E-state index contributed by atoms with van der Waals surface area (Å²) in [5, 5.41) is 17.1. The summed E-state index contributed by atoms with van der Waals surface area (Å²) in [4.78, 5) is 16.8. The highest BCUT2D eigenvalue weighted by molar-refractivity contribution is 7.12. The van der Waals surface area contributed by atoms with Gasteiger partial charge in [0.25, 0.3) is 0 Å². The van der Waals surface area contributed by atoms with Crippen molar-refractivity contribution in [3.63, 3.8) is 0 Å². The molecular formula is C16H18N6OS. The van der Waals surface area contributed by atoms with Crippen LogP contribution in [0.5, 0.6) is 0 Å². The third kappa shape index (κ3) is 2.96. The van der Waals surface area contributed by atoms with Gasteiger partial charge in [0.2, 0.25) is 11.0 Å². The van der Waals surface area contributed by atoms with Gasteiger partial charge in [0.1, 0.15) is 5.82 Å². The van der Waals surface area contributed by atoms with E-state index in [0.29, 0.717) is 11.7 Å². The molecular weight excluding hydrogens is 324 g/mol. The van der Waals surface area contributed by atoms with Crippen molar-refractivity contribution in [2.75, 3.05) is 5.32 Å². The molecule has 8 heteroatoms. The molecule has 3 heterocycles. The average Bonchev–Trinajstić information content (AvgIpc) is 2.98. The maximum absolute atomic E-state index is 12.4. The van der Waals surface area contributed by atoms with Gasteiger partial charge in [0.05, 0.1) is 23.5 Å². The van der Waals surface area contributed by atoms with Crippen molar-refractivity contribution in [1.29, 1.82) is 0 Å². The van der Waals surface area contributed by atoms with E-state index in [4.69, 9.17) is 0 Å². The normalized spacial score (nSPS) is 15.4. The number of H-pyrrole nitrogens is 1. The second-order valence-corrected chi connectivity index (χ2v) is 7.02. The van der Waals surface area contributed by atoms with Crippen LogP contribution in [0.2, 0.25) is 0 Å². The number of thiazole rings is 1. The van der Waals surface area contributed by atoms with Gasteiger partial charge in [0, 0.05) is 29.1 Å².